The van der Waals surface area contributed by atoms with Crippen LogP contribution in [0, 0.1) is 17.0 Å². The standard InChI is InChI=1S/C16H13N3O4/c1-9-4-3-5-11-14(9)18-16(20)15(11)17-12-7-6-10(19(21)22)8-13(12)23-2/h3-8H,1-2H3,(H,17,18,20). The minimum absolute atomic E-state index is 0.0991. The van der Waals surface area contributed by atoms with Gasteiger partial charge in [-0.2, -0.15) is 0 Å². The highest BCUT2D eigenvalue weighted by atomic mass is 16.6. The summed E-state index contributed by atoms with van der Waals surface area (Å²) in [4.78, 5) is 26.8. The average Bonchev–Trinajstić information content (AvgIpc) is 2.85. The van der Waals surface area contributed by atoms with Gasteiger partial charge in [0.05, 0.1) is 23.8 Å². The molecule has 0 radical (unpaired) electrons. The lowest BCUT2D eigenvalue weighted by Gasteiger charge is -2.05. The van der Waals surface area contributed by atoms with Crippen molar-refractivity contribution in [3.63, 3.8) is 0 Å². The van der Waals surface area contributed by atoms with Crippen molar-refractivity contribution in [1.29, 1.82) is 0 Å². The van der Waals surface area contributed by atoms with Crippen LogP contribution in [0.4, 0.5) is 17.1 Å². The molecule has 3 rings (SSSR count). The molecule has 23 heavy (non-hydrogen) atoms. The predicted octanol–water partition coefficient (Wildman–Crippen LogP) is 2.98. The summed E-state index contributed by atoms with van der Waals surface area (Å²) < 4.78 is 5.15. The Morgan fingerprint density at radius 3 is 2.74 bits per heavy atom. The van der Waals surface area contributed by atoms with Gasteiger partial charge < -0.3 is 10.1 Å². The number of anilines is 1. The van der Waals surface area contributed by atoms with Crippen LogP contribution in [-0.2, 0) is 4.79 Å². The number of rotatable bonds is 3. The number of methoxy groups -OCH3 is 1. The van der Waals surface area contributed by atoms with Gasteiger partial charge >= 0.3 is 0 Å². The number of aliphatic imine (C=N–C) groups is 1. The topological polar surface area (TPSA) is 93.8 Å². The number of benzene rings is 2. The molecule has 0 bridgehead atoms. The molecule has 1 aliphatic rings. The summed E-state index contributed by atoms with van der Waals surface area (Å²) in [5.74, 6) is -0.0738. The third-order valence-corrected chi connectivity index (χ3v) is 3.59. The van der Waals surface area contributed by atoms with Gasteiger partial charge in [0.15, 0.2) is 5.75 Å². The van der Waals surface area contributed by atoms with Gasteiger partial charge in [0.1, 0.15) is 11.4 Å². The van der Waals surface area contributed by atoms with Crippen molar-refractivity contribution < 1.29 is 14.5 Å². The molecule has 2 aromatic rings. The SMILES string of the molecule is COc1cc([N+](=O)[O-])ccc1N=C1C(=O)Nc2c(C)cccc21. The van der Waals surface area contributed by atoms with E-state index < -0.39 is 4.92 Å². The van der Waals surface area contributed by atoms with Gasteiger partial charge in [0.2, 0.25) is 0 Å². The lowest BCUT2D eigenvalue weighted by atomic mass is 10.1. The first-order valence-corrected chi connectivity index (χ1v) is 6.83. The number of fused-ring (bicyclic) bond motifs is 1. The number of non-ortho nitro benzene ring substituents is 1. The number of hydrogen-bond acceptors (Lipinski definition) is 5. The lowest BCUT2D eigenvalue weighted by molar-refractivity contribution is -0.384. The van der Waals surface area contributed by atoms with Crippen LogP contribution in [-0.4, -0.2) is 23.7 Å². The molecule has 0 fully saturated rings. The number of nitrogens with zero attached hydrogens (tertiary/aromatic N) is 2. The quantitative estimate of drug-likeness (QED) is 0.696. The molecule has 0 saturated heterocycles. The molecule has 1 N–H and O–H groups in total. The van der Waals surface area contributed by atoms with Crippen molar-refractivity contribution in [1.82, 2.24) is 0 Å². The number of nitro benzene ring substituents is 1. The first-order chi connectivity index (χ1) is 11.0. The summed E-state index contributed by atoms with van der Waals surface area (Å²) in [5, 5.41) is 13.6. The van der Waals surface area contributed by atoms with Gasteiger partial charge in [-0.25, -0.2) is 4.99 Å². The van der Waals surface area contributed by atoms with E-state index in [0.29, 0.717) is 11.3 Å². The number of carbonyl (C=O) groups is 1. The number of nitro groups is 1. The van der Waals surface area contributed by atoms with Crippen LogP contribution in [0.2, 0.25) is 0 Å². The summed E-state index contributed by atoms with van der Waals surface area (Å²) in [6.45, 7) is 1.90. The van der Waals surface area contributed by atoms with Crippen molar-refractivity contribution >= 4 is 28.7 Å². The molecule has 1 aliphatic heterocycles. The van der Waals surface area contributed by atoms with Gasteiger partial charge in [0, 0.05) is 11.6 Å². The second-order valence-corrected chi connectivity index (χ2v) is 5.03. The molecule has 0 aliphatic carbocycles. The van der Waals surface area contributed by atoms with E-state index in [-0.39, 0.29) is 23.1 Å². The summed E-state index contributed by atoms with van der Waals surface area (Å²) >= 11 is 0. The highest BCUT2D eigenvalue weighted by Gasteiger charge is 2.27. The van der Waals surface area contributed by atoms with Gasteiger partial charge in [-0.05, 0) is 18.6 Å². The molecule has 1 amide bonds. The maximum Gasteiger partial charge on any atom is 0.275 e. The number of para-hydroxylation sites is 1. The number of hydrogen-bond donors (Lipinski definition) is 1. The molecule has 0 saturated carbocycles. The van der Waals surface area contributed by atoms with E-state index in [1.807, 2.05) is 19.1 Å². The Balaban J connectivity index is 2.11. The number of aryl methyl sites for hydroxylation is 1. The Hall–Kier alpha value is -3.22. The summed E-state index contributed by atoms with van der Waals surface area (Å²) in [6, 6.07) is 9.61. The molecular formula is C16H13N3O4. The molecule has 0 atom stereocenters. The third-order valence-electron chi connectivity index (χ3n) is 3.59. The second kappa shape index (κ2) is 5.53. The molecule has 0 unspecified atom stereocenters. The smallest absolute Gasteiger partial charge is 0.275 e. The van der Waals surface area contributed by atoms with Crippen LogP contribution in [0.5, 0.6) is 5.75 Å². The van der Waals surface area contributed by atoms with Crippen LogP contribution >= 0.6 is 0 Å². The zero-order chi connectivity index (χ0) is 16.6. The van der Waals surface area contributed by atoms with Gasteiger partial charge in [-0.1, -0.05) is 18.2 Å². The fourth-order valence-corrected chi connectivity index (χ4v) is 2.43. The maximum atomic E-state index is 12.2. The van der Waals surface area contributed by atoms with Crippen molar-refractivity contribution in [3.05, 3.63) is 57.6 Å². The summed E-state index contributed by atoms with van der Waals surface area (Å²) in [5.41, 5.74) is 2.90. The normalized spacial score (nSPS) is 14.5. The van der Waals surface area contributed by atoms with E-state index >= 15 is 0 Å². The van der Waals surface area contributed by atoms with Crippen LogP contribution in [0.15, 0.2) is 41.4 Å². The molecule has 2 aromatic carbocycles. The Morgan fingerprint density at radius 2 is 2.04 bits per heavy atom. The van der Waals surface area contributed by atoms with E-state index in [0.717, 1.165) is 11.3 Å². The van der Waals surface area contributed by atoms with Crippen LogP contribution < -0.4 is 10.1 Å². The Labute approximate surface area is 131 Å². The predicted molar refractivity (Wildman–Crippen MR) is 85.7 cm³/mol. The summed E-state index contributed by atoms with van der Waals surface area (Å²) in [7, 11) is 1.40. The molecule has 0 aromatic heterocycles. The number of nitrogens with one attached hydrogen (secondary N) is 1. The molecule has 7 nitrogen and oxygen atoms in total. The average molecular weight is 311 g/mol. The summed E-state index contributed by atoms with van der Waals surface area (Å²) in [6.07, 6.45) is 0. The Morgan fingerprint density at radius 1 is 1.26 bits per heavy atom. The van der Waals surface area contributed by atoms with E-state index in [9.17, 15) is 14.9 Å². The van der Waals surface area contributed by atoms with Crippen molar-refractivity contribution in [2.75, 3.05) is 12.4 Å². The number of ether oxygens (including phenoxy) is 1. The van der Waals surface area contributed by atoms with Gasteiger partial charge in [0.25, 0.3) is 11.6 Å². The fraction of sp³-hybridized carbons (Fsp3) is 0.125. The van der Waals surface area contributed by atoms with E-state index in [2.05, 4.69) is 10.3 Å². The van der Waals surface area contributed by atoms with Crippen molar-refractivity contribution in [2.24, 2.45) is 4.99 Å². The minimum atomic E-state index is -0.514. The Bertz CT molecular complexity index is 858. The molecule has 116 valence electrons. The first kappa shape index (κ1) is 14.7. The van der Waals surface area contributed by atoms with Crippen LogP contribution in [0.1, 0.15) is 11.1 Å². The largest absolute Gasteiger partial charge is 0.494 e. The Kier molecular flexibility index (Phi) is 3.53. The lowest BCUT2D eigenvalue weighted by Crippen LogP contribution is -2.14. The zero-order valence-corrected chi connectivity index (χ0v) is 12.5. The fourth-order valence-electron chi connectivity index (χ4n) is 2.43. The molecule has 1 heterocycles. The maximum absolute atomic E-state index is 12.2. The van der Waals surface area contributed by atoms with E-state index in [1.54, 1.807) is 6.07 Å². The van der Waals surface area contributed by atoms with Crippen molar-refractivity contribution in [3.8, 4) is 5.75 Å². The highest BCUT2D eigenvalue weighted by Crippen LogP contribution is 2.34. The zero-order valence-electron chi connectivity index (χ0n) is 12.5. The minimum Gasteiger partial charge on any atom is -0.494 e. The second-order valence-electron chi connectivity index (χ2n) is 5.03. The third kappa shape index (κ3) is 2.52. The molecular weight excluding hydrogens is 298 g/mol. The van der Waals surface area contributed by atoms with Gasteiger partial charge in [-0.3, -0.25) is 14.9 Å². The van der Waals surface area contributed by atoms with Crippen LogP contribution in [0.25, 0.3) is 0 Å². The van der Waals surface area contributed by atoms with Gasteiger partial charge in [-0.15, -0.1) is 0 Å². The molecule has 0 spiro atoms. The number of carbonyl (C=O) groups excluding carboxylic acids is 1. The van der Waals surface area contributed by atoms with E-state index in [4.69, 9.17) is 4.74 Å². The number of amides is 1. The van der Waals surface area contributed by atoms with Crippen molar-refractivity contribution in [2.45, 2.75) is 6.92 Å². The highest BCUT2D eigenvalue weighted by molar-refractivity contribution is 6.54. The monoisotopic (exact) mass is 311 g/mol. The molecule has 7 heteroatoms. The van der Waals surface area contributed by atoms with E-state index in [1.165, 1.54) is 25.3 Å². The first-order valence-electron chi connectivity index (χ1n) is 6.83. The van der Waals surface area contributed by atoms with Crippen LogP contribution in [0.3, 0.4) is 0 Å².